The minimum absolute atomic E-state index is 0.221. The number of nitrogen functional groups attached to an aromatic ring is 1. The Labute approximate surface area is 149 Å². The monoisotopic (exact) mass is 366 g/mol. The summed E-state index contributed by atoms with van der Waals surface area (Å²) in [4.78, 5) is 24.3. The minimum Gasteiger partial charge on any atom is -0.449 e. The van der Waals surface area contributed by atoms with Crippen LogP contribution >= 0.6 is 23.2 Å². The van der Waals surface area contributed by atoms with Crippen molar-refractivity contribution >= 4 is 46.5 Å². The lowest BCUT2D eigenvalue weighted by atomic mass is 10.1. The summed E-state index contributed by atoms with van der Waals surface area (Å²) in [5.41, 5.74) is 7.55. The van der Waals surface area contributed by atoms with Crippen LogP contribution in [0.25, 0.3) is 0 Å². The average molecular weight is 367 g/mol. The quantitative estimate of drug-likeness (QED) is 0.631. The lowest BCUT2D eigenvalue weighted by molar-refractivity contribution is -0.123. The summed E-state index contributed by atoms with van der Waals surface area (Å²) in [7, 11) is 0. The summed E-state index contributed by atoms with van der Waals surface area (Å²) in [5.74, 6) is -1.18. The molecule has 3 N–H and O–H groups in total. The van der Waals surface area contributed by atoms with E-state index in [0.717, 1.165) is 5.56 Å². The Morgan fingerprint density at radius 2 is 1.92 bits per heavy atom. The van der Waals surface area contributed by atoms with Crippen molar-refractivity contribution in [1.29, 1.82) is 0 Å². The number of hydrogen-bond donors (Lipinski definition) is 2. The van der Waals surface area contributed by atoms with Crippen molar-refractivity contribution in [3.05, 3.63) is 57.6 Å². The van der Waals surface area contributed by atoms with Crippen molar-refractivity contribution in [2.24, 2.45) is 0 Å². The standard InChI is InChI=1S/C17H16Cl2N2O3/c1-9-4-3-5-12(15(9)20)17(23)24-10(2)16(22)21-14-7-6-11(18)8-13(14)19/h3-8,10H,20H2,1-2H3,(H,21,22)/t10-/m0/s1. The highest BCUT2D eigenvalue weighted by Crippen LogP contribution is 2.25. The molecule has 0 fully saturated rings. The molecule has 0 aromatic heterocycles. The van der Waals surface area contributed by atoms with Gasteiger partial charge in [-0.3, -0.25) is 4.79 Å². The normalized spacial score (nSPS) is 11.7. The van der Waals surface area contributed by atoms with Gasteiger partial charge in [0.2, 0.25) is 0 Å². The van der Waals surface area contributed by atoms with Gasteiger partial charge < -0.3 is 15.8 Å². The van der Waals surface area contributed by atoms with E-state index < -0.39 is 18.0 Å². The molecule has 1 atom stereocenters. The van der Waals surface area contributed by atoms with Gasteiger partial charge in [0.05, 0.1) is 16.3 Å². The van der Waals surface area contributed by atoms with Crippen LogP contribution < -0.4 is 11.1 Å². The topological polar surface area (TPSA) is 81.4 Å². The van der Waals surface area contributed by atoms with Gasteiger partial charge in [-0.15, -0.1) is 0 Å². The Balaban J connectivity index is 2.06. The number of amides is 1. The number of hydrogen-bond acceptors (Lipinski definition) is 4. The highest BCUT2D eigenvalue weighted by molar-refractivity contribution is 6.36. The molecule has 0 heterocycles. The van der Waals surface area contributed by atoms with Gasteiger partial charge in [0.15, 0.2) is 6.10 Å². The average Bonchev–Trinajstić information content (AvgIpc) is 2.52. The molecule has 0 unspecified atom stereocenters. The fourth-order valence-corrected chi connectivity index (χ4v) is 2.42. The third-order valence-corrected chi connectivity index (χ3v) is 3.93. The van der Waals surface area contributed by atoms with E-state index in [4.69, 9.17) is 33.7 Å². The van der Waals surface area contributed by atoms with Crippen LogP contribution in [0.15, 0.2) is 36.4 Å². The highest BCUT2D eigenvalue weighted by Gasteiger charge is 2.21. The zero-order valence-electron chi connectivity index (χ0n) is 13.1. The Bertz CT molecular complexity index is 793. The van der Waals surface area contributed by atoms with Gasteiger partial charge >= 0.3 is 5.97 Å². The maximum Gasteiger partial charge on any atom is 0.341 e. The van der Waals surface area contributed by atoms with E-state index in [1.807, 2.05) is 0 Å². The Morgan fingerprint density at radius 1 is 1.21 bits per heavy atom. The molecule has 5 nitrogen and oxygen atoms in total. The van der Waals surface area contributed by atoms with Gasteiger partial charge in [-0.25, -0.2) is 4.79 Å². The molecular formula is C17H16Cl2N2O3. The molecule has 0 aliphatic carbocycles. The first kappa shape index (κ1) is 18.1. The molecule has 24 heavy (non-hydrogen) atoms. The first-order valence-corrected chi connectivity index (χ1v) is 7.87. The summed E-state index contributed by atoms with van der Waals surface area (Å²) < 4.78 is 5.17. The number of carbonyl (C=O) groups is 2. The van der Waals surface area contributed by atoms with Gasteiger partial charge in [-0.05, 0) is 43.7 Å². The largest absolute Gasteiger partial charge is 0.449 e. The molecule has 0 spiro atoms. The molecule has 126 valence electrons. The summed E-state index contributed by atoms with van der Waals surface area (Å²) >= 11 is 11.8. The van der Waals surface area contributed by atoms with E-state index in [1.165, 1.54) is 13.0 Å². The lowest BCUT2D eigenvalue weighted by Crippen LogP contribution is -2.30. The van der Waals surface area contributed by atoms with Crippen molar-refractivity contribution in [3.8, 4) is 0 Å². The van der Waals surface area contributed by atoms with Gasteiger partial charge in [-0.1, -0.05) is 35.3 Å². The number of esters is 1. The number of benzene rings is 2. The summed E-state index contributed by atoms with van der Waals surface area (Å²) in [6, 6.07) is 9.68. The smallest absolute Gasteiger partial charge is 0.341 e. The Kier molecular flexibility index (Phi) is 5.70. The minimum atomic E-state index is -1.02. The van der Waals surface area contributed by atoms with Crippen LogP contribution in [0, 0.1) is 6.92 Å². The molecule has 7 heteroatoms. The van der Waals surface area contributed by atoms with E-state index in [9.17, 15) is 9.59 Å². The van der Waals surface area contributed by atoms with Crippen LogP contribution in [0.1, 0.15) is 22.8 Å². The molecule has 1 amide bonds. The number of aryl methyl sites for hydroxylation is 1. The number of carbonyl (C=O) groups excluding carboxylic acids is 2. The van der Waals surface area contributed by atoms with Crippen molar-refractivity contribution < 1.29 is 14.3 Å². The van der Waals surface area contributed by atoms with Crippen LogP contribution in [0.3, 0.4) is 0 Å². The molecule has 2 aromatic carbocycles. The van der Waals surface area contributed by atoms with Crippen LogP contribution in [0.5, 0.6) is 0 Å². The molecule has 0 saturated carbocycles. The first-order chi connectivity index (χ1) is 11.3. The van der Waals surface area contributed by atoms with Crippen molar-refractivity contribution in [1.82, 2.24) is 0 Å². The van der Waals surface area contributed by atoms with Gasteiger partial charge in [0.25, 0.3) is 5.91 Å². The Morgan fingerprint density at radius 3 is 2.58 bits per heavy atom. The van der Waals surface area contributed by atoms with Crippen molar-refractivity contribution in [3.63, 3.8) is 0 Å². The molecule has 2 rings (SSSR count). The second-order valence-electron chi connectivity index (χ2n) is 5.20. The second-order valence-corrected chi connectivity index (χ2v) is 6.04. The lowest BCUT2D eigenvalue weighted by Gasteiger charge is -2.15. The molecule has 2 aromatic rings. The SMILES string of the molecule is Cc1cccc(C(=O)O[C@@H](C)C(=O)Nc2ccc(Cl)cc2Cl)c1N. The number of para-hydroxylation sites is 1. The first-order valence-electron chi connectivity index (χ1n) is 7.11. The molecule has 0 bridgehead atoms. The van der Waals surface area contributed by atoms with Crippen molar-refractivity contribution in [2.45, 2.75) is 20.0 Å². The fourth-order valence-electron chi connectivity index (χ4n) is 1.96. The van der Waals surface area contributed by atoms with Gasteiger partial charge in [-0.2, -0.15) is 0 Å². The van der Waals surface area contributed by atoms with Crippen molar-refractivity contribution in [2.75, 3.05) is 11.1 Å². The van der Waals surface area contributed by atoms with Gasteiger partial charge in [0, 0.05) is 10.7 Å². The third-order valence-electron chi connectivity index (χ3n) is 3.39. The molecular weight excluding hydrogens is 351 g/mol. The number of anilines is 2. The van der Waals surface area contributed by atoms with E-state index in [2.05, 4.69) is 5.32 Å². The third kappa shape index (κ3) is 4.19. The second kappa shape index (κ2) is 7.55. The van der Waals surface area contributed by atoms with Gasteiger partial charge in [0.1, 0.15) is 0 Å². The fraction of sp³-hybridized carbons (Fsp3) is 0.176. The van der Waals surface area contributed by atoms with E-state index in [0.29, 0.717) is 16.4 Å². The summed E-state index contributed by atoms with van der Waals surface area (Å²) in [6.07, 6.45) is -1.02. The molecule has 0 aliphatic rings. The number of rotatable bonds is 4. The zero-order valence-corrected chi connectivity index (χ0v) is 14.6. The van der Waals surface area contributed by atoms with Crippen LogP contribution in [-0.2, 0) is 9.53 Å². The number of nitrogens with two attached hydrogens (primary N) is 1. The molecule has 0 aliphatic heterocycles. The summed E-state index contributed by atoms with van der Waals surface area (Å²) in [5, 5.41) is 3.32. The maximum absolute atomic E-state index is 12.2. The van der Waals surface area contributed by atoms with Crippen LogP contribution in [0.2, 0.25) is 10.0 Å². The zero-order chi connectivity index (χ0) is 17.9. The number of nitrogens with one attached hydrogen (secondary N) is 1. The van der Waals surface area contributed by atoms with Crippen LogP contribution in [0.4, 0.5) is 11.4 Å². The molecule has 0 radical (unpaired) electrons. The highest BCUT2D eigenvalue weighted by atomic mass is 35.5. The predicted octanol–water partition coefficient (Wildman–Crippen LogP) is 4.07. The number of ether oxygens (including phenoxy) is 1. The van der Waals surface area contributed by atoms with E-state index in [1.54, 1.807) is 37.3 Å². The predicted molar refractivity (Wildman–Crippen MR) is 95.6 cm³/mol. The van der Waals surface area contributed by atoms with Crippen LogP contribution in [-0.4, -0.2) is 18.0 Å². The molecule has 0 saturated heterocycles. The van der Waals surface area contributed by atoms with E-state index in [-0.39, 0.29) is 10.6 Å². The maximum atomic E-state index is 12.2. The number of halogens is 2. The Hall–Kier alpha value is -2.24. The summed E-state index contributed by atoms with van der Waals surface area (Å²) in [6.45, 7) is 3.24. The van der Waals surface area contributed by atoms with E-state index >= 15 is 0 Å².